The molecule has 1 unspecified atom stereocenters. The molecule has 0 aliphatic rings. The zero-order chi connectivity index (χ0) is 16.8. The number of benzene rings is 2. The van der Waals surface area contributed by atoms with E-state index >= 15 is 0 Å². The van der Waals surface area contributed by atoms with E-state index in [9.17, 15) is 14.9 Å². The topological polar surface area (TPSA) is 72.2 Å². The van der Waals surface area contributed by atoms with Gasteiger partial charge in [0, 0.05) is 21.9 Å². The Balaban J connectivity index is 2.01. The van der Waals surface area contributed by atoms with Crippen molar-refractivity contribution in [1.29, 1.82) is 0 Å². The fourth-order valence-corrected chi connectivity index (χ4v) is 3.31. The van der Waals surface area contributed by atoms with Crippen LogP contribution in [0, 0.1) is 10.1 Å². The zero-order valence-corrected chi connectivity index (χ0v) is 14.3. The number of carbonyl (C=O) groups excluding carboxylic acids is 1. The molecule has 2 aromatic rings. The molecule has 1 N–H and O–H groups in total. The van der Waals surface area contributed by atoms with Gasteiger partial charge in [-0.1, -0.05) is 12.1 Å². The van der Waals surface area contributed by atoms with E-state index in [2.05, 4.69) is 5.32 Å². The van der Waals surface area contributed by atoms with Crippen molar-refractivity contribution in [2.24, 2.45) is 0 Å². The molecule has 0 radical (unpaired) electrons. The molecular weight excluding hydrogens is 332 g/mol. The lowest BCUT2D eigenvalue weighted by molar-refractivity contribution is -0.384. The summed E-state index contributed by atoms with van der Waals surface area (Å²) < 4.78 is 0. The third-order valence-electron chi connectivity index (χ3n) is 3.09. The van der Waals surface area contributed by atoms with Crippen molar-refractivity contribution < 1.29 is 9.72 Å². The Morgan fingerprint density at radius 3 is 2.43 bits per heavy atom. The van der Waals surface area contributed by atoms with Crippen molar-refractivity contribution >= 4 is 40.8 Å². The summed E-state index contributed by atoms with van der Waals surface area (Å²) in [6, 6.07) is 13.8. The van der Waals surface area contributed by atoms with Crippen molar-refractivity contribution in [2.45, 2.75) is 22.0 Å². The molecule has 0 spiro atoms. The summed E-state index contributed by atoms with van der Waals surface area (Å²) in [5, 5.41) is 13.2. The summed E-state index contributed by atoms with van der Waals surface area (Å²) in [6.07, 6.45) is 1.96. The minimum atomic E-state index is -0.441. The fourth-order valence-electron chi connectivity index (χ4n) is 1.89. The van der Waals surface area contributed by atoms with Crippen LogP contribution < -0.4 is 5.32 Å². The second kappa shape index (κ2) is 8.03. The second-order valence-corrected chi connectivity index (χ2v) is 6.96. The van der Waals surface area contributed by atoms with Crippen molar-refractivity contribution in [3.8, 4) is 0 Å². The number of carbonyl (C=O) groups is 1. The average molecular weight is 348 g/mol. The standard InChI is InChI=1S/C16H16N2O3S2/c1-11(23-13-9-7-12(8-10-13)18(20)21)16(19)17-14-5-3-4-6-15(14)22-2/h3-11H,1-2H3,(H,17,19). The summed E-state index contributed by atoms with van der Waals surface area (Å²) in [4.78, 5) is 24.3. The van der Waals surface area contributed by atoms with E-state index in [1.165, 1.54) is 23.9 Å². The molecule has 1 amide bonds. The van der Waals surface area contributed by atoms with Gasteiger partial charge in [0.1, 0.15) is 0 Å². The Labute approximate surface area is 143 Å². The first kappa shape index (κ1) is 17.4. The Kier molecular flexibility index (Phi) is 6.06. The van der Waals surface area contributed by atoms with Crippen LogP contribution in [0.1, 0.15) is 6.92 Å². The minimum absolute atomic E-state index is 0.0420. The Morgan fingerprint density at radius 2 is 1.83 bits per heavy atom. The molecule has 2 aromatic carbocycles. The van der Waals surface area contributed by atoms with Crippen LogP contribution >= 0.6 is 23.5 Å². The van der Waals surface area contributed by atoms with Gasteiger partial charge >= 0.3 is 0 Å². The van der Waals surface area contributed by atoms with E-state index < -0.39 is 4.92 Å². The predicted molar refractivity (Wildman–Crippen MR) is 95.3 cm³/mol. The monoisotopic (exact) mass is 348 g/mol. The number of nitro groups is 1. The highest BCUT2D eigenvalue weighted by Gasteiger charge is 2.16. The van der Waals surface area contributed by atoms with Gasteiger partial charge in [-0.2, -0.15) is 0 Å². The second-order valence-electron chi connectivity index (χ2n) is 4.70. The molecule has 23 heavy (non-hydrogen) atoms. The first-order valence-electron chi connectivity index (χ1n) is 6.86. The number of hydrogen-bond acceptors (Lipinski definition) is 5. The zero-order valence-electron chi connectivity index (χ0n) is 12.7. The molecule has 0 saturated carbocycles. The molecule has 120 valence electrons. The third kappa shape index (κ3) is 4.74. The number of rotatable bonds is 6. The van der Waals surface area contributed by atoms with Gasteiger partial charge in [0.2, 0.25) is 5.91 Å². The van der Waals surface area contributed by atoms with E-state index in [0.717, 1.165) is 15.5 Å². The normalized spacial score (nSPS) is 11.7. The van der Waals surface area contributed by atoms with Gasteiger partial charge in [-0.3, -0.25) is 14.9 Å². The molecule has 5 nitrogen and oxygen atoms in total. The lowest BCUT2D eigenvalue weighted by Gasteiger charge is -2.14. The van der Waals surface area contributed by atoms with Crippen molar-refractivity contribution in [3.63, 3.8) is 0 Å². The molecule has 0 bridgehead atoms. The lowest BCUT2D eigenvalue weighted by atomic mass is 10.3. The molecule has 0 heterocycles. The largest absolute Gasteiger partial charge is 0.324 e. The van der Waals surface area contributed by atoms with Crippen LogP contribution in [-0.2, 0) is 4.79 Å². The van der Waals surface area contributed by atoms with E-state index in [0.29, 0.717) is 0 Å². The van der Waals surface area contributed by atoms with Crippen molar-refractivity contribution in [3.05, 3.63) is 58.6 Å². The Morgan fingerprint density at radius 1 is 1.17 bits per heavy atom. The Bertz CT molecular complexity index is 705. The summed E-state index contributed by atoms with van der Waals surface area (Å²) in [5.41, 5.74) is 0.835. The van der Waals surface area contributed by atoms with Crippen LogP contribution in [0.3, 0.4) is 0 Å². The number of nitrogens with one attached hydrogen (secondary N) is 1. The van der Waals surface area contributed by atoms with Gasteiger partial charge in [0.25, 0.3) is 5.69 Å². The summed E-state index contributed by atoms with van der Waals surface area (Å²) in [6.45, 7) is 1.81. The number of thioether (sulfide) groups is 2. The first-order chi connectivity index (χ1) is 11.0. The van der Waals surface area contributed by atoms with Gasteiger partial charge < -0.3 is 5.32 Å². The fraction of sp³-hybridized carbons (Fsp3) is 0.188. The highest BCUT2D eigenvalue weighted by atomic mass is 32.2. The van der Waals surface area contributed by atoms with E-state index in [-0.39, 0.29) is 16.8 Å². The highest BCUT2D eigenvalue weighted by molar-refractivity contribution is 8.00. The maximum atomic E-state index is 12.3. The quantitative estimate of drug-likeness (QED) is 0.475. The predicted octanol–water partition coefficient (Wildman–Crippen LogP) is 4.44. The number of nitrogens with zero attached hydrogens (tertiary/aromatic N) is 1. The molecule has 7 heteroatoms. The maximum absolute atomic E-state index is 12.3. The Hall–Kier alpha value is -1.99. The molecule has 0 aliphatic heterocycles. The summed E-state index contributed by atoms with van der Waals surface area (Å²) in [7, 11) is 0. The van der Waals surface area contributed by atoms with Crippen LogP contribution in [0.5, 0.6) is 0 Å². The van der Waals surface area contributed by atoms with Crippen molar-refractivity contribution in [1.82, 2.24) is 0 Å². The first-order valence-corrected chi connectivity index (χ1v) is 8.96. The lowest BCUT2D eigenvalue weighted by Crippen LogP contribution is -2.22. The van der Waals surface area contributed by atoms with Gasteiger partial charge in [-0.05, 0) is 37.4 Å². The molecule has 0 aliphatic carbocycles. The minimum Gasteiger partial charge on any atom is -0.324 e. The third-order valence-corrected chi connectivity index (χ3v) is 5.00. The summed E-state index contributed by atoms with van der Waals surface area (Å²) in [5.74, 6) is -0.102. The van der Waals surface area contributed by atoms with Crippen LogP contribution in [0.2, 0.25) is 0 Å². The van der Waals surface area contributed by atoms with Crippen LogP contribution in [0.4, 0.5) is 11.4 Å². The molecule has 0 saturated heterocycles. The maximum Gasteiger partial charge on any atom is 0.269 e. The summed E-state index contributed by atoms with van der Waals surface area (Å²) >= 11 is 2.94. The van der Waals surface area contributed by atoms with Gasteiger partial charge in [-0.15, -0.1) is 23.5 Å². The number of hydrogen-bond donors (Lipinski definition) is 1. The number of non-ortho nitro benzene ring substituents is 1. The SMILES string of the molecule is CSc1ccccc1NC(=O)C(C)Sc1ccc([N+](=O)[O-])cc1. The van der Waals surface area contributed by atoms with Gasteiger partial charge in [-0.25, -0.2) is 0 Å². The molecule has 2 rings (SSSR count). The van der Waals surface area contributed by atoms with Gasteiger partial charge in [0.05, 0.1) is 15.9 Å². The molecular formula is C16H16N2O3S2. The smallest absolute Gasteiger partial charge is 0.269 e. The highest BCUT2D eigenvalue weighted by Crippen LogP contribution is 2.28. The van der Waals surface area contributed by atoms with Crippen LogP contribution in [0.15, 0.2) is 58.3 Å². The van der Waals surface area contributed by atoms with E-state index in [4.69, 9.17) is 0 Å². The number of anilines is 1. The van der Waals surface area contributed by atoms with Crippen LogP contribution in [0.25, 0.3) is 0 Å². The number of amides is 1. The average Bonchev–Trinajstić information content (AvgIpc) is 2.55. The van der Waals surface area contributed by atoms with Crippen LogP contribution in [-0.4, -0.2) is 22.3 Å². The molecule has 0 aromatic heterocycles. The van der Waals surface area contributed by atoms with E-state index in [1.54, 1.807) is 23.9 Å². The van der Waals surface area contributed by atoms with Gasteiger partial charge in [0.15, 0.2) is 0 Å². The van der Waals surface area contributed by atoms with E-state index in [1.807, 2.05) is 37.4 Å². The molecule has 1 atom stereocenters. The molecule has 0 fully saturated rings. The van der Waals surface area contributed by atoms with Crippen molar-refractivity contribution in [2.75, 3.05) is 11.6 Å². The number of nitro benzene ring substituents is 1. The number of para-hydroxylation sites is 1.